The van der Waals surface area contributed by atoms with Crippen molar-refractivity contribution in [1.82, 2.24) is 19.4 Å². The molecule has 45 heavy (non-hydrogen) atoms. The molecule has 1 saturated heterocycles. The topological polar surface area (TPSA) is 80.8 Å². The second-order valence-corrected chi connectivity index (χ2v) is 11.9. The first-order valence-electron chi connectivity index (χ1n) is 15.7. The fourth-order valence-corrected chi connectivity index (χ4v) is 6.40. The Hall–Kier alpha value is -4.69. The molecular formula is C37H40N4O4. The highest BCUT2D eigenvalue weighted by molar-refractivity contribution is 5.98. The van der Waals surface area contributed by atoms with E-state index in [4.69, 9.17) is 14.1 Å². The maximum atomic E-state index is 13.9. The van der Waals surface area contributed by atoms with E-state index in [9.17, 15) is 9.59 Å². The number of ketones is 1. The van der Waals surface area contributed by atoms with E-state index in [2.05, 4.69) is 17.0 Å². The zero-order valence-corrected chi connectivity index (χ0v) is 26.0. The van der Waals surface area contributed by atoms with Crippen LogP contribution in [0.3, 0.4) is 0 Å². The van der Waals surface area contributed by atoms with Crippen molar-refractivity contribution in [3.8, 4) is 5.75 Å². The van der Waals surface area contributed by atoms with Crippen molar-refractivity contribution in [2.75, 3.05) is 40.3 Å². The van der Waals surface area contributed by atoms with Crippen LogP contribution in [0.4, 0.5) is 0 Å². The number of benzene rings is 3. The lowest BCUT2D eigenvalue weighted by atomic mass is 9.90. The average molecular weight is 605 g/mol. The number of para-hydroxylation sites is 2. The van der Waals surface area contributed by atoms with Crippen LogP contribution in [0.15, 0.2) is 102 Å². The van der Waals surface area contributed by atoms with Crippen LogP contribution in [0.25, 0.3) is 11.0 Å². The molecule has 0 saturated carbocycles. The van der Waals surface area contributed by atoms with Gasteiger partial charge in [0.25, 0.3) is 5.91 Å². The number of carbonyl (C=O) groups is 2. The number of hydrogen-bond acceptors (Lipinski definition) is 6. The van der Waals surface area contributed by atoms with E-state index in [1.807, 2.05) is 89.3 Å². The Kier molecular flexibility index (Phi) is 9.41. The summed E-state index contributed by atoms with van der Waals surface area (Å²) in [6.45, 7) is 3.73. The predicted molar refractivity (Wildman–Crippen MR) is 175 cm³/mol. The first-order chi connectivity index (χ1) is 22.0. The largest absolute Gasteiger partial charge is 0.497 e. The molecule has 0 N–H and O–H groups in total. The molecule has 232 valence electrons. The van der Waals surface area contributed by atoms with Gasteiger partial charge >= 0.3 is 0 Å². The highest BCUT2D eigenvalue weighted by atomic mass is 16.5. The van der Waals surface area contributed by atoms with Gasteiger partial charge in [0.05, 0.1) is 37.2 Å². The number of fused-ring (bicyclic) bond motifs is 1. The maximum Gasteiger partial charge on any atom is 0.253 e. The molecule has 1 unspecified atom stereocenters. The number of likely N-dealkylation sites (tertiary alicyclic amines) is 1. The molecule has 5 aromatic rings. The van der Waals surface area contributed by atoms with E-state index < -0.39 is 0 Å². The van der Waals surface area contributed by atoms with Gasteiger partial charge in [0.1, 0.15) is 5.75 Å². The summed E-state index contributed by atoms with van der Waals surface area (Å²) in [5.74, 6) is 1.55. The molecule has 6 rings (SSSR count). The van der Waals surface area contributed by atoms with Crippen LogP contribution in [0.5, 0.6) is 5.75 Å². The van der Waals surface area contributed by atoms with Crippen LogP contribution in [-0.4, -0.2) is 71.4 Å². The fraction of sp³-hybridized carbons (Fsp3) is 0.324. The van der Waals surface area contributed by atoms with E-state index in [0.29, 0.717) is 24.5 Å². The van der Waals surface area contributed by atoms with E-state index in [-0.39, 0.29) is 23.5 Å². The molecule has 8 nitrogen and oxygen atoms in total. The number of nitrogens with zero attached hydrogens (tertiary/aromatic N) is 4. The Morgan fingerprint density at radius 3 is 2.53 bits per heavy atom. The molecule has 0 spiro atoms. The number of likely N-dealkylation sites (N-methyl/N-ethyl adjacent to an activating group) is 1. The van der Waals surface area contributed by atoms with Gasteiger partial charge < -0.3 is 23.5 Å². The quantitative estimate of drug-likeness (QED) is 0.151. The molecule has 0 radical (unpaired) electrons. The number of aromatic nitrogens is 2. The molecule has 0 bridgehead atoms. The van der Waals surface area contributed by atoms with Gasteiger partial charge in [-0.15, -0.1) is 0 Å². The molecule has 1 aliphatic heterocycles. The zero-order chi connectivity index (χ0) is 31.2. The van der Waals surface area contributed by atoms with Gasteiger partial charge in [0.15, 0.2) is 5.82 Å². The van der Waals surface area contributed by atoms with Crippen LogP contribution >= 0.6 is 0 Å². The summed E-state index contributed by atoms with van der Waals surface area (Å²) in [5.41, 5.74) is 4.64. The lowest BCUT2D eigenvalue weighted by molar-refractivity contribution is 0.0779. The molecule has 3 heterocycles. The van der Waals surface area contributed by atoms with Gasteiger partial charge in [-0.2, -0.15) is 0 Å². The number of furan rings is 1. The summed E-state index contributed by atoms with van der Waals surface area (Å²) in [6.07, 6.45) is 5.85. The van der Waals surface area contributed by atoms with Crippen molar-refractivity contribution in [2.45, 2.75) is 31.7 Å². The predicted octanol–water partition coefficient (Wildman–Crippen LogP) is 6.53. The first kappa shape index (κ1) is 30.3. The summed E-state index contributed by atoms with van der Waals surface area (Å²) in [4.78, 5) is 36.1. The van der Waals surface area contributed by atoms with Crippen molar-refractivity contribution < 1.29 is 18.7 Å². The summed E-state index contributed by atoms with van der Waals surface area (Å²) in [6, 6.07) is 27.4. The van der Waals surface area contributed by atoms with E-state index in [1.165, 1.54) is 0 Å². The van der Waals surface area contributed by atoms with Gasteiger partial charge in [0, 0.05) is 36.6 Å². The first-order valence-corrected chi connectivity index (χ1v) is 15.7. The van der Waals surface area contributed by atoms with Gasteiger partial charge in [-0.3, -0.25) is 9.59 Å². The summed E-state index contributed by atoms with van der Waals surface area (Å²) >= 11 is 0. The number of carbonyl (C=O) groups excluding carboxylic acids is 2. The molecular weight excluding hydrogens is 564 g/mol. The highest BCUT2D eigenvalue weighted by Crippen LogP contribution is 2.29. The Balaban J connectivity index is 1.11. The monoisotopic (exact) mass is 604 g/mol. The number of Topliss-reactive ketones (excluding diaryl/α,β-unsaturated/α-hetero) is 1. The van der Waals surface area contributed by atoms with Crippen molar-refractivity contribution in [1.29, 1.82) is 0 Å². The number of imidazole rings is 1. The summed E-state index contributed by atoms with van der Waals surface area (Å²) in [5, 5.41) is 0. The van der Waals surface area contributed by atoms with Crippen LogP contribution in [0, 0.1) is 5.92 Å². The van der Waals surface area contributed by atoms with Gasteiger partial charge in [-0.1, -0.05) is 42.5 Å². The molecule has 1 fully saturated rings. The van der Waals surface area contributed by atoms with Crippen molar-refractivity contribution >= 4 is 22.7 Å². The van der Waals surface area contributed by atoms with Crippen LogP contribution in [-0.2, 0) is 6.54 Å². The lowest BCUT2D eigenvalue weighted by Crippen LogP contribution is -2.38. The molecule has 1 aliphatic rings. The number of rotatable bonds is 12. The van der Waals surface area contributed by atoms with Crippen molar-refractivity contribution in [3.05, 3.63) is 120 Å². The highest BCUT2D eigenvalue weighted by Gasteiger charge is 2.30. The zero-order valence-electron chi connectivity index (χ0n) is 26.0. The Morgan fingerprint density at radius 1 is 1.00 bits per heavy atom. The molecule has 3 aromatic carbocycles. The van der Waals surface area contributed by atoms with Gasteiger partial charge in [-0.25, -0.2) is 4.98 Å². The third-order valence-electron chi connectivity index (χ3n) is 8.97. The minimum atomic E-state index is -0.0648. The molecule has 2 aromatic heterocycles. The SMILES string of the molecule is COc1cccc(C(CCN2CCC(C(=O)c3nc4ccccc4n3Cc3ccoc3)CC2)CN(C)C(=O)c2ccccc2)c1. The van der Waals surface area contributed by atoms with Crippen molar-refractivity contribution in [3.63, 3.8) is 0 Å². The van der Waals surface area contributed by atoms with Crippen molar-refractivity contribution in [2.24, 2.45) is 5.92 Å². The fourth-order valence-electron chi connectivity index (χ4n) is 6.40. The smallest absolute Gasteiger partial charge is 0.253 e. The van der Waals surface area contributed by atoms with Gasteiger partial charge in [0.2, 0.25) is 5.78 Å². The molecule has 8 heteroatoms. The lowest BCUT2D eigenvalue weighted by Gasteiger charge is -2.33. The number of hydrogen-bond donors (Lipinski definition) is 0. The third-order valence-corrected chi connectivity index (χ3v) is 8.97. The Morgan fingerprint density at radius 2 is 1.78 bits per heavy atom. The molecule has 1 atom stereocenters. The number of amides is 1. The van der Waals surface area contributed by atoms with Crippen LogP contribution < -0.4 is 4.74 Å². The second kappa shape index (κ2) is 13.9. The van der Waals surface area contributed by atoms with Crippen LogP contribution in [0.2, 0.25) is 0 Å². The number of piperidine rings is 1. The molecule has 1 amide bonds. The van der Waals surface area contributed by atoms with Crippen LogP contribution in [0.1, 0.15) is 57.3 Å². The molecule has 0 aliphatic carbocycles. The maximum absolute atomic E-state index is 13.9. The normalized spacial score (nSPS) is 14.8. The Labute approximate surface area is 264 Å². The standard InChI is InChI=1S/C37H40N4O4/c1-39(37(43)29-9-4-3-5-10-29)25-31(30-11-8-12-32(23-30)44-2)17-21-40-19-15-28(16-20-40)35(42)36-38-33-13-6-7-14-34(33)41(36)24-27-18-22-45-26-27/h3-14,18,22-23,26,28,31H,15-17,19-21,24-25H2,1-2H3. The van der Waals surface area contributed by atoms with Gasteiger partial charge in [-0.05, 0) is 86.9 Å². The Bertz CT molecular complexity index is 1720. The van der Waals surface area contributed by atoms with E-state index >= 15 is 0 Å². The summed E-state index contributed by atoms with van der Waals surface area (Å²) in [7, 11) is 3.55. The van der Waals surface area contributed by atoms with E-state index in [0.717, 1.165) is 66.8 Å². The second-order valence-electron chi connectivity index (χ2n) is 11.9. The number of ether oxygens (including phenoxy) is 1. The third kappa shape index (κ3) is 7.02. The minimum absolute atomic E-state index is 0.0154. The summed E-state index contributed by atoms with van der Waals surface area (Å²) < 4.78 is 12.8. The average Bonchev–Trinajstić information content (AvgIpc) is 3.75. The number of methoxy groups -OCH3 is 1. The van der Waals surface area contributed by atoms with E-state index in [1.54, 1.807) is 19.6 Å². The minimum Gasteiger partial charge on any atom is -0.497 e.